The van der Waals surface area contributed by atoms with Crippen LogP contribution >= 0.6 is 11.3 Å². The predicted molar refractivity (Wildman–Crippen MR) is 108 cm³/mol. The summed E-state index contributed by atoms with van der Waals surface area (Å²) in [6.07, 6.45) is 6.32. The number of anilines is 1. The van der Waals surface area contributed by atoms with E-state index in [1.165, 1.54) is 11.0 Å². The van der Waals surface area contributed by atoms with Crippen molar-refractivity contribution in [1.29, 1.82) is 5.26 Å². The van der Waals surface area contributed by atoms with Gasteiger partial charge in [-0.1, -0.05) is 51.1 Å². The molecule has 0 spiro atoms. The van der Waals surface area contributed by atoms with Crippen molar-refractivity contribution in [3.63, 3.8) is 0 Å². The van der Waals surface area contributed by atoms with Crippen LogP contribution < -0.4 is 5.32 Å². The Kier molecular flexibility index (Phi) is 5.29. The molecule has 1 heterocycles. The summed E-state index contributed by atoms with van der Waals surface area (Å²) in [4.78, 5) is 13.5. The van der Waals surface area contributed by atoms with Crippen LogP contribution in [-0.4, -0.2) is 5.91 Å². The SMILES string of the molecule is CC(C)(C)[C@@H]1CCc2c(sc(NC(=O)/C=C\c3ccccc3)c2C#N)C1. The van der Waals surface area contributed by atoms with E-state index in [0.717, 1.165) is 30.4 Å². The molecule has 0 bridgehead atoms. The number of nitrogens with zero attached hydrogens (tertiary/aromatic N) is 1. The van der Waals surface area contributed by atoms with Crippen molar-refractivity contribution in [3.05, 3.63) is 58.0 Å². The van der Waals surface area contributed by atoms with Crippen LogP contribution in [0.3, 0.4) is 0 Å². The molecule has 4 heteroatoms. The number of amides is 1. The second-order valence-electron chi connectivity index (χ2n) is 7.86. The van der Waals surface area contributed by atoms with Crippen LogP contribution in [0.15, 0.2) is 36.4 Å². The van der Waals surface area contributed by atoms with Crippen molar-refractivity contribution in [1.82, 2.24) is 0 Å². The third kappa shape index (κ3) is 4.05. The zero-order chi connectivity index (χ0) is 18.7. The summed E-state index contributed by atoms with van der Waals surface area (Å²) in [6.45, 7) is 6.83. The summed E-state index contributed by atoms with van der Waals surface area (Å²) >= 11 is 1.57. The molecule has 3 rings (SSSR count). The minimum Gasteiger partial charge on any atom is -0.313 e. The highest BCUT2D eigenvalue weighted by Gasteiger charge is 2.32. The second kappa shape index (κ2) is 7.47. The van der Waals surface area contributed by atoms with E-state index in [1.54, 1.807) is 17.4 Å². The van der Waals surface area contributed by atoms with Gasteiger partial charge in [0.1, 0.15) is 11.1 Å². The van der Waals surface area contributed by atoms with Gasteiger partial charge in [-0.15, -0.1) is 11.3 Å². The Balaban J connectivity index is 1.77. The quantitative estimate of drug-likeness (QED) is 0.739. The van der Waals surface area contributed by atoms with E-state index in [0.29, 0.717) is 16.5 Å². The molecule has 3 nitrogen and oxygen atoms in total. The van der Waals surface area contributed by atoms with E-state index in [-0.39, 0.29) is 11.3 Å². The first-order valence-electron chi connectivity index (χ1n) is 8.97. The van der Waals surface area contributed by atoms with Crippen LogP contribution in [0.1, 0.15) is 48.8 Å². The molecule has 1 aromatic carbocycles. The Morgan fingerprint density at radius 1 is 1.31 bits per heavy atom. The molecule has 0 saturated carbocycles. The standard InChI is InChI=1S/C22H24N2OS/c1-22(2,3)16-10-11-17-18(14-23)21(26-19(17)13-16)24-20(25)12-9-15-7-5-4-6-8-15/h4-9,12,16H,10-11,13H2,1-3H3,(H,24,25)/b12-9-/t16-/m1/s1. The lowest BCUT2D eigenvalue weighted by Crippen LogP contribution is -2.26. The molecule has 0 radical (unpaired) electrons. The van der Waals surface area contributed by atoms with Crippen LogP contribution in [0.2, 0.25) is 0 Å². The van der Waals surface area contributed by atoms with Crippen molar-refractivity contribution in [3.8, 4) is 6.07 Å². The topological polar surface area (TPSA) is 52.9 Å². The van der Waals surface area contributed by atoms with E-state index in [2.05, 4.69) is 32.2 Å². The molecule has 1 atom stereocenters. The van der Waals surface area contributed by atoms with E-state index in [9.17, 15) is 10.1 Å². The number of carbonyl (C=O) groups is 1. The maximum atomic E-state index is 12.3. The van der Waals surface area contributed by atoms with Crippen molar-refractivity contribution in [2.45, 2.75) is 40.0 Å². The first-order valence-corrected chi connectivity index (χ1v) is 9.79. The highest BCUT2D eigenvalue weighted by Crippen LogP contribution is 2.43. The molecule has 1 amide bonds. The molecular formula is C22H24N2OS. The number of hydrogen-bond acceptors (Lipinski definition) is 3. The van der Waals surface area contributed by atoms with Gasteiger partial charge in [-0.2, -0.15) is 5.26 Å². The smallest absolute Gasteiger partial charge is 0.249 e. The number of hydrogen-bond donors (Lipinski definition) is 1. The number of nitrogens with one attached hydrogen (secondary N) is 1. The Bertz CT molecular complexity index is 866. The van der Waals surface area contributed by atoms with E-state index in [1.807, 2.05) is 30.3 Å². The lowest BCUT2D eigenvalue weighted by molar-refractivity contribution is -0.111. The molecular weight excluding hydrogens is 340 g/mol. The Labute approximate surface area is 159 Å². The fraction of sp³-hybridized carbons (Fsp3) is 0.364. The molecule has 1 aliphatic carbocycles. The maximum absolute atomic E-state index is 12.3. The first-order chi connectivity index (χ1) is 12.4. The Hall–Kier alpha value is -2.38. The van der Waals surface area contributed by atoms with Gasteiger partial charge in [0.15, 0.2) is 0 Å². The number of thiophene rings is 1. The molecule has 1 aliphatic rings. The monoisotopic (exact) mass is 364 g/mol. The minimum atomic E-state index is -0.198. The van der Waals surface area contributed by atoms with Gasteiger partial charge in [0, 0.05) is 11.0 Å². The summed E-state index contributed by atoms with van der Waals surface area (Å²) in [5, 5.41) is 13.2. The van der Waals surface area contributed by atoms with Crippen molar-refractivity contribution in [2.24, 2.45) is 11.3 Å². The van der Waals surface area contributed by atoms with Gasteiger partial charge in [0.2, 0.25) is 5.91 Å². The van der Waals surface area contributed by atoms with Crippen molar-refractivity contribution >= 4 is 28.3 Å². The first kappa shape index (κ1) is 18.4. The van der Waals surface area contributed by atoms with Gasteiger partial charge >= 0.3 is 0 Å². The number of fused-ring (bicyclic) bond motifs is 1. The van der Waals surface area contributed by atoms with Gasteiger partial charge in [-0.3, -0.25) is 4.79 Å². The summed E-state index contributed by atoms with van der Waals surface area (Å²) in [6, 6.07) is 12.0. The molecule has 0 unspecified atom stereocenters. The molecule has 2 aromatic rings. The van der Waals surface area contributed by atoms with Gasteiger partial charge in [-0.05, 0) is 47.8 Å². The average molecular weight is 365 g/mol. The van der Waals surface area contributed by atoms with Crippen LogP contribution in [0.4, 0.5) is 5.00 Å². The number of benzene rings is 1. The third-order valence-corrected chi connectivity index (χ3v) is 6.24. The molecule has 1 N–H and O–H groups in total. The number of carbonyl (C=O) groups excluding carboxylic acids is 1. The van der Waals surface area contributed by atoms with E-state index in [4.69, 9.17) is 0 Å². The van der Waals surface area contributed by atoms with Gasteiger partial charge in [0.05, 0.1) is 5.56 Å². The van der Waals surface area contributed by atoms with Crippen molar-refractivity contribution < 1.29 is 4.79 Å². The van der Waals surface area contributed by atoms with Gasteiger partial charge < -0.3 is 5.32 Å². The summed E-state index contributed by atoms with van der Waals surface area (Å²) in [5.41, 5.74) is 3.02. The predicted octanol–water partition coefficient (Wildman–Crippen LogP) is 5.42. The third-order valence-electron chi connectivity index (χ3n) is 5.07. The van der Waals surface area contributed by atoms with E-state index < -0.39 is 0 Å². The second-order valence-corrected chi connectivity index (χ2v) is 8.96. The summed E-state index contributed by atoms with van der Waals surface area (Å²) < 4.78 is 0. The molecule has 0 fully saturated rings. The fourth-order valence-electron chi connectivity index (χ4n) is 3.42. The molecule has 0 aliphatic heterocycles. The zero-order valence-electron chi connectivity index (χ0n) is 15.5. The lowest BCUT2D eigenvalue weighted by atomic mass is 9.72. The van der Waals surface area contributed by atoms with Crippen LogP contribution in [0, 0.1) is 22.7 Å². The van der Waals surface area contributed by atoms with Gasteiger partial charge in [0.25, 0.3) is 0 Å². The van der Waals surface area contributed by atoms with Crippen LogP contribution in [0.25, 0.3) is 6.08 Å². The van der Waals surface area contributed by atoms with Crippen LogP contribution in [-0.2, 0) is 17.6 Å². The molecule has 1 aromatic heterocycles. The normalized spacial score (nSPS) is 16.9. The molecule has 0 saturated heterocycles. The maximum Gasteiger partial charge on any atom is 0.249 e. The summed E-state index contributed by atoms with van der Waals surface area (Å²) in [7, 11) is 0. The Morgan fingerprint density at radius 2 is 2.04 bits per heavy atom. The highest BCUT2D eigenvalue weighted by molar-refractivity contribution is 7.16. The van der Waals surface area contributed by atoms with Gasteiger partial charge in [-0.25, -0.2) is 0 Å². The minimum absolute atomic E-state index is 0.198. The van der Waals surface area contributed by atoms with E-state index >= 15 is 0 Å². The van der Waals surface area contributed by atoms with Crippen LogP contribution in [0.5, 0.6) is 0 Å². The Morgan fingerprint density at radius 3 is 2.69 bits per heavy atom. The summed E-state index contributed by atoms with van der Waals surface area (Å²) in [5.74, 6) is 0.415. The van der Waals surface area contributed by atoms with Crippen molar-refractivity contribution in [2.75, 3.05) is 5.32 Å². The largest absolute Gasteiger partial charge is 0.313 e. The number of rotatable bonds is 3. The fourth-order valence-corrected chi connectivity index (χ4v) is 4.70. The number of nitriles is 1. The zero-order valence-corrected chi connectivity index (χ0v) is 16.3. The molecule has 134 valence electrons. The lowest BCUT2D eigenvalue weighted by Gasteiger charge is -2.33. The highest BCUT2D eigenvalue weighted by atomic mass is 32.1. The average Bonchev–Trinajstić information content (AvgIpc) is 2.96. The molecule has 26 heavy (non-hydrogen) atoms.